The number of carboxylic acids is 1. The molecule has 0 aliphatic heterocycles. The molecule has 0 saturated heterocycles. The Labute approximate surface area is 87.6 Å². The van der Waals surface area contributed by atoms with Gasteiger partial charge in [-0.3, -0.25) is 4.79 Å². The second-order valence-electron chi connectivity index (χ2n) is 2.82. The molecule has 0 spiro atoms. The summed E-state index contributed by atoms with van der Waals surface area (Å²) in [6.07, 6.45) is 5.20. The van der Waals surface area contributed by atoms with Crippen molar-refractivity contribution in [1.82, 2.24) is 9.97 Å². The molecule has 4 heteroatoms. The van der Waals surface area contributed by atoms with Gasteiger partial charge in [-0.15, -0.1) is 0 Å². The SMILES string of the molecule is O=C(O)Cc1ccccc1.c1c[nH]cn1. The minimum atomic E-state index is -0.786. The molecular formula is C11H12N2O2. The molecule has 0 unspecified atom stereocenters. The summed E-state index contributed by atoms with van der Waals surface area (Å²) in [6.45, 7) is 0. The van der Waals surface area contributed by atoms with Crippen molar-refractivity contribution in [2.45, 2.75) is 6.42 Å². The van der Waals surface area contributed by atoms with Gasteiger partial charge in [0, 0.05) is 12.4 Å². The van der Waals surface area contributed by atoms with Crippen molar-refractivity contribution in [2.24, 2.45) is 0 Å². The molecule has 0 saturated carbocycles. The quantitative estimate of drug-likeness (QED) is 0.782. The molecule has 1 aromatic heterocycles. The molecule has 4 nitrogen and oxygen atoms in total. The van der Waals surface area contributed by atoms with Crippen LogP contribution in [0.25, 0.3) is 0 Å². The maximum Gasteiger partial charge on any atom is 0.307 e. The van der Waals surface area contributed by atoms with Gasteiger partial charge in [-0.1, -0.05) is 30.3 Å². The van der Waals surface area contributed by atoms with Crippen LogP contribution in [0.3, 0.4) is 0 Å². The normalized spacial score (nSPS) is 8.80. The van der Waals surface area contributed by atoms with Crippen LogP contribution in [0.2, 0.25) is 0 Å². The number of rotatable bonds is 2. The van der Waals surface area contributed by atoms with Gasteiger partial charge in [0.15, 0.2) is 0 Å². The molecule has 0 radical (unpaired) electrons. The summed E-state index contributed by atoms with van der Waals surface area (Å²) in [5.74, 6) is -0.786. The summed E-state index contributed by atoms with van der Waals surface area (Å²) < 4.78 is 0. The molecule has 1 aromatic carbocycles. The van der Waals surface area contributed by atoms with E-state index in [2.05, 4.69) is 9.97 Å². The lowest BCUT2D eigenvalue weighted by atomic mass is 10.2. The van der Waals surface area contributed by atoms with E-state index in [9.17, 15) is 4.79 Å². The van der Waals surface area contributed by atoms with E-state index in [-0.39, 0.29) is 6.42 Å². The van der Waals surface area contributed by atoms with Crippen LogP contribution in [0.4, 0.5) is 0 Å². The zero-order chi connectivity index (χ0) is 10.9. The molecule has 2 N–H and O–H groups in total. The number of hydrogen-bond acceptors (Lipinski definition) is 2. The molecule has 0 amide bonds. The molecule has 0 aliphatic rings. The van der Waals surface area contributed by atoms with Crippen LogP contribution >= 0.6 is 0 Å². The number of nitrogens with zero attached hydrogens (tertiary/aromatic N) is 1. The Morgan fingerprint density at radius 1 is 1.33 bits per heavy atom. The first-order chi connectivity index (χ1) is 7.29. The number of H-pyrrole nitrogens is 1. The minimum Gasteiger partial charge on any atom is -0.481 e. The van der Waals surface area contributed by atoms with Gasteiger partial charge in [-0.2, -0.15) is 0 Å². The highest BCUT2D eigenvalue weighted by atomic mass is 16.4. The predicted molar refractivity (Wildman–Crippen MR) is 56.4 cm³/mol. The van der Waals surface area contributed by atoms with Crippen molar-refractivity contribution in [2.75, 3.05) is 0 Å². The Kier molecular flexibility index (Phi) is 4.66. The molecule has 1 heterocycles. The van der Waals surface area contributed by atoms with Gasteiger partial charge >= 0.3 is 5.97 Å². The highest BCUT2D eigenvalue weighted by molar-refractivity contribution is 5.70. The number of aromatic amines is 1. The fourth-order valence-electron chi connectivity index (χ4n) is 0.986. The van der Waals surface area contributed by atoms with Crippen LogP contribution in [-0.2, 0) is 11.2 Å². The summed E-state index contributed by atoms with van der Waals surface area (Å²) >= 11 is 0. The average molecular weight is 204 g/mol. The highest BCUT2D eigenvalue weighted by Gasteiger charge is 1.96. The van der Waals surface area contributed by atoms with E-state index in [1.807, 2.05) is 18.2 Å². The molecule has 2 aromatic rings. The zero-order valence-electron chi connectivity index (χ0n) is 8.13. The number of imidazole rings is 1. The topological polar surface area (TPSA) is 66.0 Å². The van der Waals surface area contributed by atoms with E-state index in [0.717, 1.165) is 5.56 Å². The lowest BCUT2D eigenvalue weighted by Gasteiger charge is -1.92. The lowest BCUT2D eigenvalue weighted by molar-refractivity contribution is -0.136. The minimum absolute atomic E-state index is 0.112. The second-order valence-corrected chi connectivity index (χ2v) is 2.82. The van der Waals surface area contributed by atoms with Crippen molar-refractivity contribution < 1.29 is 9.90 Å². The van der Waals surface area contributed by atoms with Gasteiger partial charge in [0.1, 0.15) is 0 Å². The standard InChI is InChI=1S/C8H8O2.C3H4N2/c9-8(10)6-7-4-2-1-3-5-7;1-2-5-3-4-1/h1-5H,6H2,(H,9,10);1-3H,(H,4,5). The molecule has 2 rings (SSSR count). The van der Waals surface area contributed by atoms with Gasteiger partial charge < -0.3 is 10.1 Å². The van der Waals surface area contributed by atoms with Crippen LogP contribution in [0.15, 0.2) is 49.1 Å². The number of carboxylic acid groups (broad SMARTS) is 1. The van der Waals surface area contributed by atoms with E-state index in [0.29, 0.717) is 0 Å². The van der Waals surface area contributed by atoms with Crippen LogP contribution in [0.1, 0.15) is 5.56 Å². The summed E-state index contributed by atoms with van der Waals surface area (Å²) in [6, 6.07) is 9.13. The summed E-state index contributed by atoms with van der Waals surface area (Å²) in [4.78, 5) is 16.6. The van der Waals surface area contributed by atoms with E-state index in [1.54, 1.807) is 30.9 Å². The number of carbonyl (C=O) groups is 1. The van der Waals surface area contributed by atoms with Crippen molar-refractivity contribution in [1.29, 1.82) is 0 Å². The van der Waals surface area contributed by atoms with Crippen molar-refractivity contribution >= 4 is 5.97 Å². The van der Waals surface area contributed by atoms with Crippen LogP contribution in [-0.4, -0.2) is 21.0 Å². The molecule has 0 atom stereocenters. The molecule has 0 fully saturated rings. The first-order valence-corrected chi connectivity index (χ1v) is 4.47. The van der Waals surface area contributed by atoms with Crippen molar-refractivity contribution in [3.05, 3.63) is 54.6 Å². The predicted octanol–water partition coefficient (Wildman–Crippen LogP) is 1.72. The molecule has 15 heavy (non-hydrogen) atoms. The van der Waals surface area contributed by atoms with Crippen molar-refractivity contribution in [3.8, 4) is 0 Å². The zero-order valence-corrected chi connectivity index (χ0v) is 8.13. The van der Waals surface area contributed by atoms with Gasteiger partial charge in [0.2, 0.25) is 0 Å². The van der Waals surface area contributed by atoms with E-state index in [1.165, 1.54) is 0 Å². The van der Waals surface area contributed by atoms with Gasteiger partial charge in [-0.25, -0.2) is 4.98 Å². The fraction of sp³-hybridized carbons (Fsp3) is 0.0909. The molecule has 78 valence electrons. The lowest BCUT2D eigenvalue weighted by Crippen LogP contribution is -1.98. The molecule has 0 aliphatic carbocycles. The van der Waals surface area contributed by atoms with E-state index in [4.69, 9.17) is 5.11 Å². The summed E-state index contributed by atoms with van der Waals surface area (Å²) in [7, 11) is 0. The van der Waals surface area contributed by atoms with Crippen molar-refractivity contribution in [3.63, 3.8) is 0 Å². The Morgan fingerprint density at radius 2 is 2.07 bits per heavy atom. The maximum absolute atomic E-state index is 10.2. The van der Waals surface area contributed by atoms with Gasteiger partial charge in [0.25, 0.3) is 0 Å². The third-order valence-corrected chi connectivity index (χ3v) is 1.60. The largest absolute Gasteiger partial charge is 0.481 e. The average Bonchev–Trinajstić information content (AvgIpc) is 2.76. The van der Waals surface area contributed by atoms with Gasteiger partial charge in [-0.05, 0) is 5.56 Å². The molecular weight excluding hydrogens is 192 g/mol. The maximum atomic E-state index is 10.2. The number of aromatic nitrogens is 2. The van der Waals surface area contributed by atoms with Crippen LogP contribution in [0.5, 0.6) is 0 Å². The van der Waals surface area contributed by atoms with Crippen LogP contribution < -0.4 is 0 Å². The Balaban J connectivity index is 0.000000187. The summed E-state index contributed by atoms with van der Waals surface area (Å²) in [5.41, 5.74) is 0.843. The number of benzene rings is 1. The van der Waals surface area contributed by atoms with Gasteiger partial charge in [0.05, 0.1) is 12.7 Å². The number of nitrogens with one attached hydrogen (secondary N) is 1. The third-order valence-electron chi connectivity index (χ3n) is 1.60. The smallest absolute Gasteiger partial charge is 0.307 e. The Hall–Kier alpha value is -2.10. The number of aliphatic carboxylic acids is 1. The Bertz CT molecular complexity index is 354. The highest BCUT2D eigenvalue weighted by Crippen LogP contribution is 1.98. The first-order valence-electron chi connectivity index (χ1n) is 4.47. The molecule has 0 bridgehead atoms. The van der Waals surface area contributed by atoms with Crippen LogP contribution in [0, 0.1) is 0 Å². The van der Waals surface area contributed by atoms with E-state index < -0.39 is 5.97 Å². The summed E-state index contributed by atoms with van der Waals surface area (Å²) in [5, 5.41) is 8.37. The second kappa shape index (κ2) is 6.37. The number of hydrogen-bond donors (Lipinski definition) is 2. The third kappa shape index (κ3) is 5.25. The first kappa shape index (κ1) is 11.0. The van der Waals surface area contributed by atoms with E-state index >= 15 is 0 Å². The Morgan fingerprint density at radius 3 is 2.47 bits per heavy atom. The monoisotopic (exact) mass is 204 g/mol. The fourth-order valence-corrected chi connectivity index (χ4v) is 0.986.